The van der Waals surface area contributed by atoms with Crippen LogP contribution in [0.2, 0.25) is 25.2 Å². The van der Waals surface area contributed by atoms with Crippen LogP contribution in [0.1, 0.15) is 94.8 Å². The second kappa shape index (κ2) is 20.9. The molecule has 1 aromatic heterocycles. The number of hydrogen-bond donors (Lipinski definition) is 4. The molecular weight excluding hydrogens is 973 g/mol. The highest BCUT2D eigenvalue weighted by atomic mass is 28.3. The van der Waals surface area contributed by atoms with E-state index in [-0.39, 0.29) is 29.7 Å². The topological polar surface area (TPSA) is 200 Å². The highest BCUT2D eigenvalue weighted by molar-refractivity contribution is 6.77. The number of ether oxygens (including phenoxy) is 4. The van der Waals surface area contributed by atoms with Crippen LogP contribution in [-0.4, -0.2) is 149 Å². The van der Waals surface area contributed by atoms with E-state index < -0.39 is 79.5 Å². The summed E-state index contributed by atoms with van der Waals surface area (Å²) in [5.74, 6) is -1.80. The number of carbonyl (C=O) groups is 5. The zero-order chi connectivity index (χ0) is 53.0. The number of benzene rings is 2. The van der Waals surface area contributed by atoms with E-state index in [9.17, 15) is 24.0 Å². The molecule has 5 amide bonds. The zero-order valence-corrected chi connectivity index (χ0v) is 44.9. The van der Waals surface area contributed by atoms with E-state index in [4.69, 9.17) is 23.9 Å². The van der Waals surface area contributed by atoms with Crippen LogP contribution in [0, 0.1) is 17.0 Å². The summed E-state index contributed by atoms with van der Waals surface area (Å²) >= 11 is 0. The van der Waals surface area contributed by atoms with E-state index in [2.05, 4.69) is 51.9 Å². The fourth-order valence-electron chi connectivity index (χ4n) is 12.4. The van der Waals surface area contributed by atoms with Crippen LogP contribution in [0.5, 0.6) is 0 Å². The number of imidazole rings is 1. The Labute approximate surface area is 431 Å². The molecule has 9 rings (SSSR count). The van der Waals surface area contributed by atoms with Crippen LogP contribution in [0.15, 0.2) is 42.1 Å². The number of aromatic amines is 1. The van der Waals surface area contributed by atoms with Gasteiger partial charge in [-0.3, -0.25) is 14.4 Å². The molecule has 6 aliphatic rings. The standard InChI is InChI=1S/C53H71F2N9O9Si/c1-29(70-4)44(59-51(68)72-6)49(66)62-20-10-12-38(62)47-57-35-15-14-31(26-36(35)58-47)37-16-17-41-53(3)19-18-32(56-48(65)39-13-11-21-63(39)50(67)45(30(2)71-5)60-52(69)73-7)27-33(53)42-40(64(37)41)28-34(54)46(43(42)55)61-22-24-74(8,9)25-23-61/h14-15,18,26-30,37-39,41,44-45H,10-13,16-17,19-25H2,1-9H3,(H,56,65)(H,57,58)(H,59,68)(H,60,69)/t29-,30-,37+,38+,39+,41+,44+,45+,53?/m1/s1. The molecule has 4 N–H and O–H groups in total. The Kier molecular flexibility index (Phi) is 14.9. The molecule has 6 heterocycles. The number of amides is 5. The van der Waals surface area contributed by atoms with E-state index in [1.807, 2.05) is 29.2 Å². The van der Waals surface area contributed by atoms with Gasteiger partial charge in [0.05, 0.1) is 63.3 Å². The van der Waals surface area contributed by atoms with Gasteiger partial charge in [-0.1, -0.05) is 32.2 Å². The Bertz CT molecular complexity index is 2760. The van der Waals surface area contributed by atoms with E-state index in [0.717, 1.165) is 36.0 Å². The van der Waals surface area contributed by atoms with Crippen molar-refractivity contribution in [1.29, 1.82) is 0 Å². The van der Waals surface area contributed by atoms with Crippen molar-refractivity contribution in [3.8, 4) is 0 Å². The van der Waals surface area contributed by atoms with Crippen molar-refractivity contribution in [1.82, 2.24) is 35.7 Å². The van der Waals surface area contributed by atoms with Crippen LogP contribution in [0.25, 0.3) is 16.6 Å². The van der Waals surface area contributed by atoms with Crippen molar-refractivity contribution in [3.63, 3.8) is 0 Å². The maximum Gasteiger partial charge on any atom is 0.407 e. The van der Waals surface area contributed by atoms with Crippen LogP contribution >= 0.6 is 0 Å². The highest BCUT2D eigenvalue weighted by Crippen LogP contribution is 2.61. The summed E-state index contributed by atoms with van der Waals surface area (Å²) in [6, 6.07) is 5.63. The molecule has 400 valence electrons. The van der Waals surface area contributed by atoms with E-state index in [1.165, 1.54) is 39.4 Å². The third kappa shape index (κ3) is 9.63. The maximum absolute atomic E-state index is 18.0. The fraction of sp³-hybridized carbons (Fsp3) is 0.585. The molecule has 5 aliphatic heterocycles. The van der Waals surface area contributed by atoms with Crippen LogP contribution in [-0.2, 0) is 33.3 Å². The van der Waals surface area contributed by atoms with Gasteiger partial charge < -0.3 is 59.5 Å². The first kappa shape index (κ1) is 52.8. The molecule has 9 atom stereocenters. The third-order valence-corrected chi connectivity index (χ3v) is 20.1. The molecule has 1 unspecified atom stereocenters. The molecule has 18 nitrogen and oxygen atoms in total. The molecule has 21 heteroatoms. The Hall–Kier alpha value is -6.06. The first-order valence-electron chi connectivity index (χ1n) is 26.0. The number of nitrogens with one attached hydrogen (secondary N) is 4. The van der Waals surface area contributed by atoms with Crippen molar-refractivity contribution >= 4 is 66.0 Å². The second-order valence-electron chi connectivity index (χ2n) is 21.8. The Morgan fingerprint density at radius 1 is 0.824 bits per heavy atom. The second-order valence-corrected chi connectivity index (χ2v) is 27.1. The summed E-state index contributed by atoms with van der Waals surface area (Å²) in [7, 11) is 3.84. The number of H-pyrrole nitrogens is 1. The first-order chi connectivity index (χ1) is 35.3. The summed E-state index contributed by atoms with van der Waals surface area (Å²) in [6.07, 6.45) is 5.15. The van der Waals surface area contributed by atoms with Gasteiger partial charge >= 0.3 is 12.2 Å². The minimum absolute atomic E-state index is 0.0266. The molecule has 4 fully saturated rings. The highest BCUT2D eigenvalue weighted by Gasteiger charge is 2.54. The molecular formula is C53H71F2N9O9Si. The van der Waals surface area contributed by atoms with Gasteiger partial charge in [0.25, 0.3) is 0 Å². The minimum Gasteiger partial charge on any atom is -0.453 e. The van der Waals surface area contributed by atoms with Crippen molar-refractivity contribution in [2.24, 2.45) is 5.41 Å². The minimum atomic E-state index is -1.51. The van der Waals surface area contributed by atoms with Gasteiger partial charge in [-0.25, -0.2) is 23.4 Å². The zero-order valence-electron chi connectivity index (χ0n) is 43.9. The Morgan fingerprint density at radius 3 is 2.11 bits per heavy atom. The average Bonchev–Trinajstić information content (AvgIpc) is 4.24. The smallest absolute Gasteiger partial charge is 0.407 e. The van der Waals surface area contributed by atoms with Gasteiger partial charge in [-0.2, -0.15) is 0 Å². The summed E-state index contributed by atoms with van der Waals surface area (Å²) in [4.78, 5) is 82.5. The average molecular weight is 1040 g/mol. The SMILES string of the molecule is COC(=O)N[C@H](C(=O)N1CCC[C@H]1C(=O)NC1=CCC2(C)C(=C1)c1c(cc(F)c(N3CC[Si](C)(C)CC3)c1F)N1[C@H]2CC[C@H]1c1ccc2nc([C@@H]3CCCN3C(=O)[C@@H](NC(=O)OC)[C@@H](C)OC)[nH]c2c1)[C@@H](C)OC. The predicted molar refractivity (Wildman–Crippen MR) is 277 cm³/mol. The number of halogens is 2. The first-order valence-corrected chi connectivity index (χ1v) is 29.4. The summed E-state index contributed by atoms with van der Waals surface area (Å²) in [5.41, 5.74) is 3.64. The molecule has 0 bridgehead atoms. The van der Waals surface area contributed by atoms with Gasteiger partial charge in [0.15, 0.2) is 11.6 Å². The van der Waals surface area contributed by atoms with Gasteiger partial charge in [-0.05, 0) is 100 Å². The number of rotatable bonds is 13. The molecule has 3 aromatic rings. The number of likely N-dealkylation sites (tertiary alicyclic amines) is 2. The lowest BCUT2D eigenvalue weighted by Crippen LogP contribution is -2.57. The number of carbonyl (C=O) groups excluding carboxylic acids is 5. The van der Waals surface area contributed by atoms with Crippen LogP contribution in [0.4, 0.5) is 29.7 Å². The summed E-state index contributed by atoms with van der Waals surface area (Å²) < 4.78 is 55.5. The van der Waals surface area contributed by atoms with Crippen molar-refractivity contribution in [2.75, 3.05) is 64.4 Å². The lowest BCUT2D eigenvalue weighted by Gasteiger charge is -2.51. The van der Waals surface area contributed by atoms with Gasteiger partial charge in [0, 0.05) is 69.2 Å². The van der Waals surface area contributed by atoms with E-state index in [1.54, 1.807) is 18.7 Å². The number of fused-ring (bicyclic) bond motifs is 7. The number of nitrogens with zero attached hydrogens (tertiary/aromatic N) is 5. The summed E-state index contributed by atoms with van der Waals surface area (Å²) in [5, 5.41) is 8.27. The van der Waals surface area contributed by atoms with Crippen molar-refractivity contribution in [3.05, 3.63) is 70.7 Å². The van der Waals surface area contributed by atoms with Crippen molar-refractivity contribution in [2.45, 2.75) is 139 Å². The van der Waals surface area contributed by atoms with Crippen molar-refractivity contribution < 1.29 is 51.7 Å². The largest absolute Gasteiger partial charge is 0.453 e. The van der Waals surface area contributed by atoms with Gasteiger partial charge in [0.1, 0.15) is 29.6 Å². The predicted octanol–water partition coefficient (Wildman–Crippen LogP) is 7.06. The Morgan fingerprint density at radius 2 is 1.46 bits per heavy atom. The van der Waals surface area contributed by atoms with E-state index in [0.29, 0.717) is 92.1 Å². The molecule has 0 spiro atoms. The lowest BCUT2D eigenvalue weighted by molar-refractivity contribution is -0.142. The normalized spacial score (nSPS) is 25.7. The molecule has 2 aromatic carbocycles. The van der Waals surface area contributed by atoms with Crippen LogP contribution < -0.4 is 25.8 Å². The van der Waals surface area contributed by atoms with Crippen LogP contribution in [0.3, 0.4) is 0 Å². The number of aromatic nitrogens is 2. The molecule has 1 aliphatic carbocycles. The number of allylic oxidation sites excluding steroid dienone is 2. The number of hydrogen-bond acceptors (Lipinski definition) is 12. The summed E-state index contributed by atoms with van der Waals surface area (Å²) in [6.45, 7) is 12.0. The molecule has 4 saturated heterocycles. The fourth-order valence-corrected chi connectivity index (χ4v) is 14.4. The quantitative estimate of drug-likeness (QED) is 0.127. The monoisotopic (exact) mass is 1040 g/mol. The Balaban J connectivity index is 1.04. The van der Waals surface area contributed by atoms with E-state index >= 15 is 8.78 Å². The number of alkyl carbamates (subject to hydrolysis) is 2. The molecule has 0 radical (unpaired) electrons. The lowest BCUT2D eigenvalue weighted by atomic mass is 9.64. The number of anilines is 2. The maximum atomic E-state index is 18.0. The number of methoxy groups -OCH3 is 4. The van der Waals surface area contributed by atoms with Gasteiger partial charge in [-0.15, -0.1) is 0 Å². The molecule has 0 saturated carbocycles. The van der Waals surface area contributed by atoms with Gasteiger partial charge in [0.2, 0.25) is 17.7 Å². The molecule has 74 heavy (non-hydrogen) atoms. The third-order valence-electron chi connectivity index (χ3n) is 16.9.